The van der Waals surface area contributed by atoms with Gasteiger partial charge in [0.05, 0.1) is 12.2 Å². The van der Waals surface area contributed by atoms with Crippen LogP contribution in [0.5, 0.6) is 0 Å². The van der Waals surface area contributed by atoms with Crippen molar-refractivity contribution in [3.8, 4) is 0 Å². The molecule has 0 aliphatic heterocycles. The van der Waals surface area contributed by atoms with Crippen LogP contribution in [0.25, 0.3) is 21.5 Å². The van der Waals surface area contributed by atoms with Crippen LogP contribution in [-0.4, -0.2) is 24.3 Å². The summed E-state index contributed by atoms with van der Waals surface area (Å²) in [5, 5.41) is 12.6. The molecule has 0 bridgehead atoms. The molecule has 3 rings (SSSR count). The summed E-state index contributed by atoms with van der Waals surface area (Å²) in [6, 6.07) is 17.5. The minimum atomic E-state index is -0.396. The van der Waals surface area contributed by atoms with E-state index < -0.39 is 5.97 Å². The quantitative estimate of drug-likeness (QED) is 0.585. The molecule has 3 nitrogen and oxygen atoms in total. The minimum absolute atomic E-state index is 0.0103. The van der Waals surface area contributed by atoms with Crippen molar-refractivity contribution in [1.82, 2.24) is 0 Å². The standard InChI is InChI=1S/C17H14O3/c18-9-10-20-17(19)16-14-7-3-1-5-12(14)11-13-6-2-4-8-15(13)16/h1-8,11,18H,9-10H2. The number of aliphatic hydroxyl groups excluding tert-OH is 1. The van der Waals surface area contributed by atoms with E-state index in [2.05, 4.69) is 6.07 Å². The minimum Gasteiger partial charge on any atom is -0.460 e. The van der Waals surface area contributed by atoms with Crippen LogP contribution in [0.4, 0.5) is 0 Å². The van der Waals surface area contributed by atoms with Gasteiger partial charge in [-0.25, -0.2) is 4.79 Å². The number of ether oxygens (including phenoxy) is 1. The predicted molar refractivity (Wildman–Crippen MR) is 78.8 cm³/mol. The van der Waals surface area contributed by atoms with E-state index in [0.717, 1.165) is 21.5 Å². The molecule has 0 heterocycles. The number of hydrogen-bond donors (Lipinski definition) is 1. The Hall–Kier alpha value is -2.39. The third kappa shape index (κ3) is 2.12. The maximum atomic E-state index is 12.3. The molecule has 0 aliphatic rings. The van der Waals surface area contributed by atoms with Gasteiger partial charge in [0.15, 0.2) is 0 Å². The zero-order chi connectivity index (χ0) is 13.9. The van der Waals surface area contributed by atoms with Crippen molar-refractivity contribution in [2.24, 2.45) is 0 Å². The van der Waals surface area contributed by atoms with Crippen LogP contribution in [0.15, 0.2) is 54.6 Å². The second-order valence-corrected chi connectivity index (χ2v) is 4.55. The van der Waals surface area contributed by atoms with Gasteiger partial charge in [0.25, 0.3) is 0 Å². The molecule has 0 atom stereocenters. The monoisotopic (exact) mass is 266 g/mol. The highest BCUT2D eigenvalue weighted by molar-refractivity contribution is 6.16. The Morgan fingerprint density at radius 3 is 2.05 bits per heavy atom. The number of benzene rings is 3. The molecule has 0 radical (unpaired) electrons. The summed E-state index contributed by atoms with van der Waals surface area (Å²) in [7, 11) is 0. The smallest absolute Gasteiger partial charge is 0.339 e. The molecule has 3 aromatic rings. The van der Waals surface area contributed by atoms with E-state index in [-0.39, 0.29) is 13.2 Å². The summed E-state index contributed by atoms with van der Waals surface area (Å²) in [6.45, 7) is -0.162. The van der Waals surface area contributed by atoms with Crippen molar-refractivity contribution in [1.29, 1.82) is 0 Å². The first-order valence-electron chi connectivity index (χ1n) is 6.50. The molecule has 0 saturated heterocycles. The molecule has 0 spiro atoms. The van der Waals surface area contributed by atoms with Crippen molar-refractivity contribution in [2.75, 3.05) is 13.2 Å². The summed E-state index contributed by atoms with van der Waals surface area (Å²) < 4.78 is 5.10. The van der Waals surface area contributed by atoms with E-state index in [0.29, 0.717) is 5.56 Å². The zero-order valence-electron chi connectivity index (χ0n) is 10.9. The normalized spacial score (nSPS) is 10.8. The molecule has 0 amide bonds. The Bertz CT molecular complexity index is 723. The SMILES string of the molecule is O=C(OCCO)c1c2ccccc2cc2ccccc12. The summed E-state index contributed by atoms with van der Waals surface area (Å²) >= 11 is 0. The molecule has 0 saturated carbocycles. The fourth-order valence-corrected chi connectivity index (χ4v) is 2.44. The molecular formula is C17H14O3. The molecule has 100 valence electrons. The lowest BCUT2D eigenvalue weighted by Gasteiger charge is -2.10. The van der Waals surface area contributed by atoms with E-state index in [4.69, 9.17) is 9.84 Å². The van der Waals surface area contributed by atoms with Crippen molar-refractivity contribution in [3.63, 3.8) is 0 Å². The first-order valence-corrected chi connectivity index (χ1v) is 6.50. The number of fused-ring (bicyclic) bond motifs is 2. The van der Waals surface area contributed by atoms with Gasteiger partial charge in [0.2, 0.25) is 0 Å². The molecule has 3 heteroatoms. The van der Waals surface area contributed by atoms with Gasteiger partial charge in [0.1, 0.15) is 6.61 Å². The van der Waals surface area contributed by atoms with Gasteiger partial charge in [-0.1, -0.05) is 48.5 Å². The molecule has 0 unspecified atom stereocenters. The lowest BCUT2D eigenvalue weighted by molar-refractivity contribution is 0.0438. The Labute approximate surface area is 116 Å². The Morgan fingerprint density at radius 1 is 0.950 bits per heavy atom. The maximum absolute atomic E-state index is 12.3. The van der Waals surface area contributed by atoms with Gasteiger partial charge in [0, 0.05) is 0 Å². The van der Waals surface area contributed by atoms with Gasteiger partial charge in [-0.05, 0) is 27.6 Å². The summed E-state index contributed by atoms with van der Waals surface area (Å²) in [5.41, 5.74) is 0.562. The second kappa shape index (κ2) is 5.31. The van der Waals surface area contributed by atoms with Crippen LogP contribution in [0, 0.1) is 0 Å². The van der Waals surface area contributed by atoms with E-state index in [9.17, 15) is 4.79 Å². The van der Waals surface area contributed by atoms with Crippen molar-refractivity contribution >= 4 is 27.5 Å². The number of carbonyl (C=O) groups excluding carboxylic acids is 1. The molecule has 20 heavy (non-hydrogen) atoms. The molecule has 3 aromatic carbocycles. The molecule has 0 aromatic heterocycles. The number of carbonyl (C=O) groups is 1. The van der Waals surface area contributed by atoms with E-state index >= 15 is 0 Å². The highest BCUT2D eigenvalue weighted by Crippen LogP contribution is 2.28. The van der Waals surface area contributed by atoms with Crippen LogP contribution >= 0.6 is 0 Å². The van der Waals surface area contributed by atoms with Crippen LogP contribution in [-0.2, 0) is 4.74 Å². The van der Waals surface area contributed by atoms with Crippen molar-refractivity contribution in [3.05, 3.63) is 60.2 Å². The van der Waals surface area contributed by atoms with Crippen molar-refractivity contribution in [2.45, 2.75) is 0 Å². The average Bonchev–Trinajstić information content (AvgIpc) is 2.50. The number of esters is 1. The Morgan fingerprint density at radius 2 is 1.50 bits per heavy atom. The first kappa shape index (κ1) is 12.6. The van der Waals surface area contributed by atoms with Gasteiger partial charge >= 0.3 is 5.97 Å². The van der Waals surface area contributed by atoms with Crippen molar-refractivity contribution < 1.29 is 14.6 Å². The fraction of sp³-hybridized carbons (Fsp3) is 0.118. The summed E-state index contributed by atoms with van der Waals surface area (Å²) in [4.78, 5) is 12.3. The molecule has 1 N–H and O–H groups in total. The third-order valence-electron chi connectivity index (χ3n) is 3.30. The molecular weight excluding hydrogens is 252 g/mol. The third-order valence-corrected chi connectivity index (χ3v) is 3.30. The number of hydrogen-bond acceptors (Lipinski definition) is 3. The topological polar surface area (TPSA) is 46.5 Å². The van der Waals surface area contributed by atoms with Crippen LogP contribution in [0.1, 0.15) is 10.4 Å². The first-order chi connectivity index (χ1) is 9.81. The average molecular weight is 266 g/mol. The number of aliphatic hydroxyl groups is 1. The maximum Gasteiger partial charge on any atom is 0.339 e. The van der Waals surface area contributed by atoms with Crippen LogP contribution < -0.4 is 0 Å². The second-order valence-electron chi connectivity index (χ2n) is 4.55. The van der Waals surface area contributed by atoms with E-state index in [1.54, 1.807) is 0 Å². The fourth-order valence-electron chi connectivity index (χ4n) is 2.44. The van der Waals surface area contributed by atoms with Crippen LogP contribution in [0.3, 0.4) is 0 Å². The largest absolute Gasteiger partial charge is 0.460 e. The van der Waals surface area contributed by atoms with E-state index in [1.165, 1.54) is 0 Å². The lowest BCUT2D eigenvalue weighted by atomic mass is 9.97. The summed E-state index contributed by atoms with van der Waals surface area (Å²) in [6.07, 6.45) is 0. The highest BCUT2D eigenvalue weighted by Gasteiger charge is 2.15. The lowest BCUT2D eigenvalue weighted by Crippen LogP contribution is -2.10. The Kier molecular flexibility index (Phi) is 3.35. The number of rotatable bonds is 3. The van der Waals surface area contributed by atoms with Crippen LogP contribution in [0.2, 0.25) is 0 Å². The zero-order valence-corrected chi connectivity index (χ0v) is 10.9. The summed E-state index contributed by atoms with van der Waals surface area (Å²) in [5.74, 6) is -0.396. The van der Waals surface area contributed by atoms with Gasteiger partial charge in [-0.2, -0.15) is 0 Å². The van der Waals surface area contributed by atoms with E-state index in [1.807, 2.05) is 48.5 Å². The van der Waals surface area contributed by atoms with Gasteiger partial charge < -0.3 is 9.84 Å². The Balaban J connectivity index is 2.30. The van der Waals surface area contributed by atoms with Gasteiger partial charge in [-0.15, -0.1) is 0 Å². The highest BCUT2D eigenvalue weighted by atomic mass is 16.5. The van der Waals surface area contributed by atoms with Gasteiger partial charge in [-0.3, -0.25) is 0 Å². The molecule has 0 aliphatic carbocycles. The molecule has 0 fully saturated rings. The predicted octanol–water partition coefficient (Wildman–Crippen LogP) is 3.14.